The molecule has 0 atom stereocenters. The number of carbonyl (C=O) groups excluding carboxylic acids is 1. The predicted octanol–water partition coefficient (Wildman–Crippen LogP) is 3.65. The number of halogens is 2. The standard InChI is InChI=1S/C12H7BrClNO4/c13-10-6(14)2-1-3-7(10)15-11(16)8-4-5-9(19-8)12(17)18/h1-5H,(H,15,16)(H,17,18). The number of anilines is 1. The third-order valence-corrected chi connectivity index (χ3v) is 3.64. The largest absolute Gasteiger partial charge is 0.475 e. The van der Waals surface area contributed by atoms with Crippen LogP contribution in [0.2, 0.25) is 5.02 Å². The fourth-order valence-corrected chi connectivity index (χ4v) is 1.90. The average Bonchev–Trinajstić information content (AvgIpc) is 2.84. The number of benzene rings is 1. The number of rotatable bonds is 3. The number of nitrogens with one attached hydrogen (secondary N) is 1. The van der Waals surface area contributed by atoms with Gasteiger partial charge in [-0.3, -0.25) is 4.79 Å². The van der Waals surface area contributed by atoms with Gasteiger partial charge in [-0.1, -0.05) is 17.7 Å². The van der Waals surface area contributed by atoms with Gasteiger partial charge in [-0.05, 0) is 40.2 Å². The van der Waals surface area contributed by atoms with Gasteiger partial charge < -0.3 is 14.8 Å². The number of amides is 1. The van der Waals surface area contributed by atoms with Crippen LogP contribution >= 0.6 is 27.5 Å². The third kappa shape index (κ3) is 2.97. The lowest BCUT2D eigenvalue weighted by Gasteiger charge is -2.06. The molecule has 1 aromatic heterocycles. The van der Waals surface area contributed by atoms with E-state index in [1.807, 2.05) is 0 Å². The maximum atomic E-state index is 11.9. The molecule has 1 heterocycles. The molecule has 0 aliphatic rings. The molecule has 19 heavy (non-hydrogen) atoms. The van der Waals surface area contributed by atoms with Crippen LogP contribution in [0.25, 0.3) is 0 Å². The van der Waals surface area contributed by atoms with Crippen LogP contribution in [-0.2, 0) is 0 Å². The Kier molecular flexibility index (Phi) is 3.92. The first-order valence-electron chi connectivity index (χ1n) is 5.07. The van der Waals surface area contributed by atoms with Gasteiger partial charge in [0, 0.05) is 0 Å². The lowest BCUT2D eigenvalue weighted by Crippen LogP contribution is -2.11. The van der Waals surface area contributed by atoms with Crippen molar-refractivity contribution in [1.82, 2.24) is 0 Å². The molecule has 1 aromatic carbocycles. The van der Waals surface area contributed by atoms with Gasteiger partial charge in [0.2, 0.25) is 5.76 Å². The number of hydrogen-bond acceptors (Lipinski definition) is 3. The van der Waals surface area contributed by atoms with Crippen molar-refractivity contribution >= 4 is 45.1 Å². The highest BCUT2D eigenvalue weighted by atomic mass is 79.9. The molecule has 2 rings (SSSR count). The Labute approximate surface area is 121 Å². The summed E-state index contributed by atoms with van der Waals surface area (Å²) in [6.07, 6.45) is 0. The quantitative estimate of drug-likeness (QED) is 0.891. The fraction of sp³-hybridized carbons (Fsp3) is 0. The molecule has 0 aliphatic carbocycles. The molecule has 0 unspecified atom stereocenters. The fourth-order valence-electron chi connectivity index (χ4n) is 1.36. The first-order valence-corrected chi connectivity index (χ1v) is 6.24. The summed E-state index contributed by atoms with van der Waals surface area (Å²) < 4.78 is 5.43. The van der Waals surface area contributed by atoms with E-state index in [0.29, 0.717) is 15.2 Å². The number of aromatic carboxylic acids is 1. The molecule has 7 heteroatoms. The van der Waals surface area contributed by atoms with Gasteiger partial charge in [0.25, 0.3) is 5.91 Å². The summed E-state index contributed by atoms with van der Waals surface area (Å²) in [7, 11) is 0. The molecule has 0 saturated heterocycles. The summed E-state index contributed by atoms with van der Waals surface area (Å²) in [4.78, 5) is 22.5. The Hall–Kier alpha value is -1.79. The van der Waals surface area contributed by atoms with Gasteiger partial charge in [-0.2, -0.15) is 0 Å². The molecule has 0 fully saturated rings. The normalized spacial score (nSPS) is 10.2. The average molecular weight is 345 g/mol. The molecular formula is C12H7BrClNO4. The monoisotopic (exact) mass is 343 g/mol. The summed E-state index contributed by atoms with van der Waals surface area (Å²) >= 11 is 9.13. The highest BCUT2D eigenvalue weighted by Gasteiger charge is 2.16. The summed E-state index contributed by atoms with van der Waals surface area (Å²) in [5.74, 6) is -2.18. The molecule has 0 radical (unpaired) electrons. The molecule has 0 bridgehead atoms. The Balaban J connectivity index is 2.21. The maximum Gasteiger partial charge on any atom is 0.371 e. The van der Waals surface area contributed by atoms with Crippen molar-refractivity contribution < 1.29 is 19.1 Å². The number of hydrogen-bond donors (Lipinski definition) is 2. The third-order valence-electron chi connectivity index (χ3n) is 2.24. The second-order valence-electron chi connectivity index (χ2n) is 3.52. The van der Waals surface area contributed by atoms with Gasteiger partial charge in [-0.25, -0.2) is 4.79 Å². The van der Waals surface area contributed by atoms with Crippen molar-refractivity contribution in [2.45, 2.75) is 0 Å². The summed E-state index contributed by atoms with van der Waals surface area (Å²) in [5, 5.41) is 11.7. The minimum absolute atomic E-state index is 0.0933. The van der Waals surface area contributed by atoms with Crippen molar-refractivity contribution in [3.8, 4) is 0 Å². The van der Waals surface area contributed by atoms with E-state index in [-0.39, 0.29) is 11.5 Å². The molecule has 2 aromatic rings. The van der Waals surface area contributed by atoms with E-state index in [4.69, 9.17) is 21.1 Å². The van der Waals surface area contributed by atoms with E-state index in [1.165, 1.54) is 12.1 Å². The maximum absolute atomic E-state index is 11.9. The SMILES string of the molecule is O=C(O)c1ccc(C(=O)Nc2cccc(Cl)c2Br)o1. The van der Waals surface area contributed by atoms with Crippen LogP contribution in [0, 0.1) is 0 Å². The zero-order valence-corrected chi connectivity index (χ0v) is 11.7. The predicted molar refractivity (Wildman–Crippen MR) is 72.8 cm³/mol. The highest BCUT2D eigenvalue weighted by molar-refractivity contribution is 9.10. The second-order valence-corrected chi connectivity index (χ2v) is 4.72. The van der Waals surface area contributed by atoms with E-state index >= 15 is 0 Å². The van der Waals surface area contributed by atoms with Crippen LogP contribution in [0.4, 0.5) is 5.69 Å². The first kappa shape index (κ1) is 13.6. The van der Waals surface area contributed by atoms with Crippen LogP contribution in [0.5, 0.6) is 0 Å². The van der Waals surface area contributed by atoms with Gasteiger partial charge in [0.05, 0.1) is 15.2 Å². The van der Waals surface area contributed by atoms with Crippen molar-refractivity contribution in [2.75, 3.05) is 5.32 Å². The molecule has 0 aliphatic heterocycles. The van der Waals surface area contributed by atoms with Crippen LogP contribution < -0.4 is 5.32 Å². The van der Waals surface area contributed by atoms with Crippen LogP contribution in [0.15, 0.2) is 39.2 Å². The summed E-state index contributed by atoms with van der Waals surface area (Å²) in [6, 6.07) is 7.49. The Morgan fingerprint density at radius 2 is 1.89 bits per heavy atom. The number of carbonyl (C=O) groups is 2. The van der Waals surface area contributed by atoms with Crippen molar-refractivity contribution in [3.63, 3.8) is 0 Å². The molecule has 0 spiro atoms. The molecule has 98 valence electrons. The molecule has 5 nitrogen and oxygen atoms in total. The minimum Gasteiger partial charge on any atom is -0.475 e. The lowest BCUT2D eigenvalue weighted by molar-refractivity contribution is 0.0660. The number of furan rings is 1. The van der Waals surface area contributed by atoms with E-state index in [9.17, 15) is 9.59 Å². The van der Waals surface area contributed by atoms with E-state index in [2.05, 4.69) is 21.2 Å². The summed E-state index contributed by atoms with van der Waals surface area (Å²) in [6.45, 7) is 0. The number of carboxylic acids is 1. The van der Waals surface area contributed by atoms with Crippen molar-refractivity contribution in [3.05, 3.63) is 51.3 Å². The lowest BCUT2D eigenvalue weighted by atomic mass is 10.3. The Morgan fingerprint density at radius 3 is 2.53 bits per heavy atom. The van der Waals surface area contributed by atoms with E-state index in [1.54, 1.807) is 18.2 Å². The molecular weight excluding hydrogens is 337 g/mol. The smallest absolute Gasteiger partial charge is 0.371 e. The van der Waals surface area contributed by atoms with Crippen LogP contribution in [0.3, 0.4) is 0 Å². The van der Waals surface area contributed by atoms with Crippen LogP contribution in [0.1, 0.15) is 21.1 Å². The van der Waals surface area contributed by atoms with Crippen molar-refractivity contribution in [2.24, 2.45) is 0 Å². The van der Waals surface area contributed by atoms with Crippen molar-refractivity contribution in [1.29, 1.82) is 0 Å². The van der Waals surface area contributed by atoms with E-state index in [0.717, 1.165) is 0 Å². The minimum atomic E-state index is -1.23. The first-order chi connectivity index (χ1) is 8.99. The molecule has 0 saturated carbocycles. The molecule has 1 amide bonds. The second kappa shape index (κ2) is 5.46. The van der Waals surface area contributed by atoms with E-state index < -0.39 is 11.9 Å². The Bertz CT molecular complexity index is 653. The zero-order valence-electron chi connectivity index (χ0n) is 9.31. The van der Waals surface area contributed by atoms with Gasteiger partial charge in [0.15, 0.2) is 5.76 Å². The van der Waals surface area contributed by atoms with Gasteiger partial charge in [0.1, 0.15) is 0 Å². The number of carboxylic acid groups (broad SMARTS) is 1. The highest BCUT2D eigenvalue weighted by Crippen LogP contribution is 2.30. The van der Waals surface area contributed by atoms with Gasteiger partial charge in [-0.15, -0.1) is 0 Å². The zero-order chi connectivity index (χ0) is 14.0. The topological polar surface area (TPSA) is 79.5 Å². The summed E-state index contributed by atoms with van der Waals surface area (Å²) in [5.41, 5.74) is 0.464. The molecule has 2 N–H and O–H groups in total. The van der Waals surface area contributed by atoms with Gasteiger partial charge >= 0.3 is 5.97 Å². The van der Waals surface area contributed by atoms with Crippen LogP contribution in [-0.4, -0.2) is 17.0 Å². The Morgan fingerprint density at radius 1 is 1.21 bits per heavy atom.